The van der Waals surface area contributed by atoms with Crippen molar-refractivity contribution in [3.8, 4) is 0 Å². The number of nitrogens with one attached hydrogen (secondary N) is 1. The minimum absolute atomic E-state index is 0.0189. The normalized spacial score (nSPS) is 12.3. The summed E-state index contributed by atoms with van der Waals surface area (Å²) in [6.45, 7) is 2.20. The number of aliphatic hydroxyl groups is 1. The maximum atomic E-state index is 12.6. The first-order valence-electron chi connectivity index (χ1n) is 7.67. The number of fused-ring (bicyclic) bond motifs is 1. The number of pyridine rings is 1. The molecular formula is C18H19N3O2S. The summed E-state index contributed by atoms with van der Waals surface area (Å²) in [6, 6.07) is 9.25. The summed E-state index contributed by atoms with van der Waals surface area (Å²) in [5.41, 5.74) is 8.54. The standard InChI is InChI=1S/C18H19N3O2S/c1-11-8-20-9-16-14(11)6-17(24-16)21-18(23)15(7-19)13-4-2-12(10-22)3-5-13/h2-6,8-9,15,22H,7,10,19H2,1H3,(H,21,23)/t15-/m1/s1. The van der Waals surface area contributed by atoms with Crippen molar-refractivity contribution in [1.29, 1.82) is 0 Å². The second-order valence-electron chi connectivity index (χ2n) is 5.66. The van der Waals surface area contributed by atoms with Crippen molar-refractivity contribution in [2.75, 3.05) is 11.9 Å². The Morgan fingerprint density at radius 1 is 1.33 bits per heavy atom. The molecule has 0 saturated carbocycles. The van der Waals surface area contributed by atoms with Gasteiger partial charge in [0, 0.05) is 24.3 Å². The lowest BCUT2D eigenvalue weighted by molar-refractivity contribution is -0.117. The fourth-order valence-corrected chi connectivity index (χ4v) is 3.62. The number of anilines is 1. The van der Waals surface area contributed by atoms with Gasteiger partial charge in [0.2, 0.25) is 5.91 Å². The van der Waals surface area contributed by atoms with Crippen molar-refractivity contribution in [2.45, 2.75) is 19.4 Å². The van der Waals surface area contributed by atoms with Crippen LogP contribution in [0.15, 0.2) is 42.7 Å². The van der Waals surface area contributed by atoms with Gasteiger partial charge in [-0.1, -0.05) is 24.3 Å². The molecule has 24 heavy (non-hydrogen) atoms. The topological polar surface area (TPSA) is 88.2 Å². The third kappa shape index (κ3) is 3.31. The monoisotopic (exact) mass is 341 g/mol. The smallest absolute Gasteiger partial charge is 0.233 e. The van der Waals surface area contributed by atoms with Gasteiger partial charge in [-0.15, -0.1) is 11.3 Å². The average molecular weight is 341 g/mol. The van der Waals surface area contributed by atoms with Gasteiger partial charge in [-0.05, 0) is 29.7 Å². The molecule has 1 aromatic carbocycles. The fourth-order valence-electron chi connectivity index (χ4n) is 2.62. The number of aliphatic hydroxyl groups excluding tert-OH is 1. The first-order chi connectivity index (χ1) is 11.6. The fraction of sp³-hybridized carbons (Fsp3) is 0.222. The van der Waals surface area contributed by atoms with Crippen molar-refractivity contribution < 1.29 is 9.90 Å². The number of rotatable bonds is 5. The molecule has 0 bridgehead atoms. The molecule has 5 nitrogen and oxygen atoms in total. The van der Waals surface area contributed by atoms with Crippen LogP contribution < -0.4 is 11.1 Å². The minimum atomic E-state index is -0.429. The Hall–Kier alpha value is -2.28. The number of nitrogens with two attached hydrogens (primary N) is 1. The molecule has 0 fully saturated rings. The molecule has 0 aliphatic heterocycles. The second-order valence-corrected chi connectivity index (χ2v) is 6.74. The number of nitrogens with zero attached hydrogens (tertiary/aromatic N) is 1. The molecule has 2 heterocycles. The predicted octanol–water partition coefficient (Wildman–Crippen LogP) is 2.78. The van der Waals surface area contributed by atoms with Gasteiger partial charge in [0.05, 0.1) is 22.2 Å². The molecule has 1 amide bonds. The molecule has 3 rings (SSSR count). The summed E-state index contributed by atoms with van der Waals surface area (Å²) >= 11 is 1.50. The number of benzene rings is 1. The molecule has 1 atom stereocenters. The summed E-state index contributed by atoms with van der Waals surface area (Å²) < 4.78 is 1.04. The molecule has 0 unspecified atom stereocenters. The SMILES string of the molecule is Cc1cncc2sc(NC(=O)[C@H](CN)c3ccc(CO)cc3)cc12. The van der Waals surface area contributed by atoms with Crippen LogP contribution in [0.25, 0.3) is 10.1 Å². The van der Waals surface area contributed by atoms with E-state index in [0.29, 0.717) is 0 Å². The number of thiophene rings is 1. The van der Waals surface area contributed by atoms with Crippen LogP contribution in [-0.2, 0) is 11.4 Å². The van der Waals surface area contributed by atoms with Gasteiger partial charge in [0.1, 0.15) is 0 Å². The van der Waals surface area contributed by atoms with Crippen molar-refractivity contribution in [3.63, 3.8) is 0 Å². The third-order valence-electron chi connectivity index (χ3n) is 4.01. The van der Waals surface area contributed by atoms with Gasteiger partial charge < -0.3 is 16.2 Å². The van der Waals surface area contributed by atoms with E-state index in [9.17, 15) is 4.79 Å². The van der Waals surface area contributed by atoms with Gasteiger partial charge in [0.15, 0.2) is 0 Å². The van der Waals surface area contributed by atoms with E-state index >= 15 is 0 Å². The number of aryl methyl sites for hydroxylation is 1. The number of aromatic nitrogens is 1. The van der Waals surface area contributed by atoms with E-state index in [1.165, 1.54) is 11.3 Å². The summed E-state index contributed by atoms with van der Waals surface area (Å²) in [5, 5.41) is 14.0. The molecule has 2 aromatic heterocycles. The highest BCUT2D eigenvalue weighted by Gasteiger charge is 2.20. The molecule has 0 aliphatic carbocycles. The molecular weight excluding hydrogens is 322 g/mol. The quantitative estimate of drug-likeness (QED) is 0.666. The van der Waals surface area contributed by atoms with E-state index in [1.807, 2.05) is 31.3 Å². The molecule has 4 N–H and O–H groups in total. The second kappa shape index (κ2) is 7.09. The summed E-state index contributed by atoms with van der Waals surface area (Å²) in [5.74, 6) is -0.561. The van der Waals surface area contributed by atoms with Crippen LogP contribution in [0.4, 0.5) is 5.00 Å². The summed E-state index contributed by atoms with van der Waals surface area (Å²) in [4.78, 5) is 16.8. The van der Waals surface area contributed by atoms with Gasteiger partial charge in [-0.25, -0.2) is 0 Å². The number of carbonyl (C=O) groups excluding carboxylic acids is 1. The van der Waals surface area contributed by atoms with Crippen LogP contribution in [0.3, 0.4) is 0 Å². The average Bonchev–Trinajstić information content (AvgIpc) is 3.00. The summed E-state index contributed by atoms with van der Waals surface area (Å²) in [7, 11) is 0. The largest absolute Gasteiger partial charge is 0.392 e. The Labute approximate surface area is 144 Å². The minimum Gasteiger partial charge on any atom is -0.392 e. The zero-order valence-electron chi connectivity index (χ0n) is 13.3. The highest BCUT2D eigenvalue weighted by atomic mass is 32.1. The third-order valence-corrected chi connectivity index (χ3v) is 4.99. The lowest BCUT2D eigenvalue weighted by Crippen LogP contribution is -2.27. The highest BCUT2D eigenvalue weighted by Crippen LogP contribution is 2.31. The van der Waals surface area contributed by atoms with E-state index in [-0.39, 0.29) is 19.1 Å². The summed E-state index contributed by atoms with van der Waals surface area (Å²) in [6.07, 6.45) is 3.61. The van der Waals surface area contributed by atoms with Crippen LogP contribution >= 0.6 is 11.3 Å². The van der Waals surface area contributed by atoms with Crippen molar-refractivity contribution in [1.82, 2.24) is 4.98 Å². The van der Waals surface area contributed by atoms with Crippen molar-refractivity contribution >= 4 is 32.3 Å². The van der Waals surface area contributed by atoms with Crippen molar-refractivity contribution in [3.05, 3.63) is 59.4 Å². The van der Waals surface area contributed by atoms with Crippen LogP contribution in [0.2, 0.25) is 0 Å². The number of amides is 1. The van der Waals surface area contributed by atoms with Crippen LogP contribution in [0.5, 0.6) is 0 Å². The molecule has 0 aliphatic rings. The van der Waals surface area contributed by atoms with E-state index < -0.39 is 5.92 Å². The lowest BCUT2D eigenvalue weighted by Gasteiger charge is -2.15. The highest BCUT2D eigenvalue weighted by molar-refractivity contribution is 7.23. The molecule has 0 spiro atoms. The van der Waals surface area contributed by atoms with Crippen LogP contribution in [-0.4, -0.2) is 22.5 Å². The van der Waals surface area contributed by atoms with E-state index in [0.717, 1.165) is 31.8 Å². The Morgan fingerprint density at radius 2 is 2.08 bits per heavy atom. The maximum Gasteiger partial charge on any atom is 0.233 e. The van der Waals surface area contributed by atoms with Gasteiger partial charge in [0.25, 0.3) is 0 Å². The molecule has 6 heteroatoms. The first-order valence-corrected chi connectivity index (χ1v) is 8.48. The van der Waals surface area contributed by atoms with Crippen LogP contribution in [0, 0.1) is 6.92 Å². The first kappa shape index (κ1) is 16.6. The Balaban J connectivity index is 1.81. The van der Waals surface area contributed by atoms with E-state index in [1.54, 1.807) is 18.3 Å². The Morgan fingerprint density at radius 3 is 2.71 bits per heavy atom. The van der Waals surface area contributed by atoms with Gasteiger partial charge in [-0.2, -0.15) is 0 Å². The number of hydrogen-bond donors (Lipinski definition) is 3. The number of carbonyl (C=O) groups is 1. The van der Waals surface area contributed by atoms with E-state index in [2.05, 4.69) is 10.3 Å². The maximum absolute atomic E-state index is 12.6. The number of hydrogen-bond acceptors (Lipinski definition) is 5. The Bertz CT molecular complexity index is 858. The molecule has 3 aromatic rings. The molecule has 124 valence electrons. The van der Waals surface area contributed by atoms with Crippen LogP contribution in [0.1, 0.15) is 22.6 Å². The zero-order chi connectivity index (χ0) is 17.1. The Kier molecular flexibility index (Phi) is 4.89. The van der Waals surface area contributed by atoms with E-state index in [4.69, 9.17) is 10.8 Å². The van der Waals surface area contributed by atoms with Gasteiger partial charge in [-0.3, -0.25) is 9.78 Å². The lowest BCUT2D eigenvalue weighted by atomic mass is 9.97. The zero-order valence-corrected chi connectivity index (χ0v) is 14.1. The molecule has 0 saturated heterocycles. The van der Waals surface area contributed by atoms with Gasteiger partial charge >= 0.3 is 0 Å². The molecule has 0 radical (unpaired) electrons. The van der Waals surface area contributed by atoms with Crippen molar-refractivity contribution in [2.24, 2.45) is 5.73 Å². The predicted molar refractivity (Wildman–Crippen MR) is 97.1 cm³/mol.